The highest BCUT2D eigenvalue weighted by molar-refractivity contribution is 6.03. The van der Waals surface area contributed by atoms with Gasteiger partial charge in [0.2, 0.25) is 0 Å². The van der Waals surface area contributed by atoms with Crippen LogP contribution in [0.5, 0.6) is 5.75 Å². The molecule has 0 amide bonds. The maximum atomic E-state index is 13.3. The number of ketones is 1. The molecule has 6 heteroatoms. The topological polar surface area (TPSA) is 56.1 Å². The van der Waals surface area contributed by atoms with Crippen molar-refractivity contribution in [1.82, 2.24) is 9.78 Å². The Morgan fingerprint density at radius 3 is 2.70 bits per heavy atom. The number of benzene rings is 2. The van der Waals surface area contributed by atoms with Gasteiger partial charge in [-0.15, -0.1) is 5.10 Å². The Morgan fingerprint density at radius 2 is 1.96 bits per heavy atom. The molecule has 3 aromatic rings. The molecule has 0 spiro atoms. The van der Waals surface area contributed by atoms with Gasteiger partial charge in [-0.3, -0.25) is 4.79 Å². The van der Waals surface area contributed by atoms with Crippen molar-refractivity contribution in [2.75, 3.05) is 12.4 Å². The van der Waals surface area contributed by atoms with E-state index in [1.54, 1.807) is 23.9 Å². The van der Waals surface area contributed by atoms with Crippen molar-refractivity contribution in [2.45, 2.75) is 19.8 Å². The van der Waals surface area contributed by atoms with E-state index in [1.807, 2.05) is 24.3 Å². The molecular weight excluding hydrogens is 345 g/mol. The van der Waals surface area contributed by atoms with Crippen molar-refractivity contribution in [3.8, 4) is 11.4 Å². The van der Waals surface area contributed by atoms with Gasteiger partial charge in [0, 0.05) is 18.2 Å². The molecule has 1 atom stereocenters. The highest BCUT2D eigenvalue weighted by atomic mass is 19.1. The monoisotopic (exact) mass is 365 g/mol. The molecule has 2 aromatic carbocycles. The van der Waals surface area contributed by atoms with E-state index < -0.39 is 0 Å². The number of anilines is 2. The Morgan fingerprint density at radius 1 is 1.19 bits per heavy atom. The van der Waals surface area contributed by atoms with Crippen LogP contribution in [0.2, 0.25) is 0 Å². The van der Waals surface area contributed by atoms with Gasteiger partial charge in [0.1, 0.15) is 11.6 Å². The number of carbonyl (C=O) groups excluding carboxylic acids is 1. The van der Waals surface area contributed by atoms with Crippen molar-refractivity contribution in [3.63, 3.8) is 0 Å². The average molecular weight is 365 g/mol. The van der Waals surface area contributed by atoms with E-state index in [-0.39, 0.29) is 17.5 Å². The summed E-state index contributed by atoms with van der Waals surface area (Å²) in [5, 5.41) is 7.90. The van der Waals surface area contributed by atoms with Crippen LogP contribution < -0.4 is 10.1 Å². The number of methoxy groups -OCH3 is 1. The second-order valence-electron chi connectivity index (χ2n) is 6.85. The second kappa shape index (κ2) is 6.87. The van der Waals surface area contributed by atoms with Crippen LogP contribution in [0.3, 0.4) is 0 Å². The molecule has 0 aliphatic heterocycles. The fourth-order valence-electron chi connectivity index (χ4n) is 3.48. The Labute approximate surface area is 156 Å². The zero-order valence-electron chi connectivity index (χ0n) is 15.2. The molecule has 1 aliphatic rings. The SMILES string of the molecule is COc1cccc(Nc2nn(-c3ccc(F)cc3)c3c2C(=O)CC(C)C3)c1. The number of Topliss-reactive ketones (excluding diaryl/α,β-unsaturated/α-hetero) is 1. The van der Waals surface area contributed by atoms with E-state index in [9.17, 15) is 9.18 Å². The molecule has 1 aliphatic carbocycles. The molecule has 27 heavy (non-hydrogen) atoms. The predicted octanol–water partition coefficient (Wildman–Crippen LogP) is 4.53. The van der Waals surface area contributed by atoms with Gasteiger partial charge < -0.3 is 10.1 Å². The van der Waals surface area contributed by atoms with Crippen molar-refractivity contribution >= 4 is 17.3 Å². The van der Waals surface area contributed by atoms with Crippen molar-refractivity contribution in [1.29, 1.82) is 0 Å². The normalized spacial score (nSPS) is 16.1. The summed E-state index contributed by atoms with van der Waals surface area (Å²) in [5.74, 6) is 1.23. The summed E-state index contributed by atoms with van der Waals surface area (Å²) in [6.45, 7) is 2.05. The van der Waals surface area contributed by atoms with Crippen LogP contribution >= 0.6 is 0 Å². The molecular formula is C21H20FN3O2. The summed E-state index contributed by atoms with van der Waals surface area (Å²) in [6.07, 6.45) is 1.24. The number of halogens is 1. The van der Waals surface area contributed by atoms with Crippen molar-refractivity contribution in [2.24, 2.45) is 5.92 Å². The number of fused-ring (bicyclic) bond motifs is 1. The maximum absolute atomic E-state index is 13.3. The molecule has 4 rings (SSSR count). The number of hydrogen-bond acceptors (Lipinski definition) is 4. The third-order valence-electron chi connectivity index (χ3n) is 4.74. The molecule has 1 unspecified atom stereocenters. The molecule has 1 aromatic heterocycles. The molecule has 0 bridgehead atoms. The lowest BCUT2D eigenvalue weighted by Crippen LogP contribution is -2.19. The first kappa shape index (κ1) is 17.3. The van der Waals surface area contributed by atoms with E-state index in [2.05, 4.69) is 17.3 Å². The zero-order valence-corrected chi connectivity index (χ0v) is 15.2. The maximum Gasteiger partial charge on any atom is 0.168 e. The number of nitrogens with one attached hydrogen (secondary N) is 1. The number of aromatic nitrogens is 2. The fraction of sp³-hybridized carbons (Fsp3) is 0.238. The minimum absolute atomic E-state index is 0.0718. The summed E-state index contributed by atoms with van der Waals surface area (Å²) in [4.78, 5) is 12.8. The van der Waals surface area contributed by atoms with Gasteiger partial charge in [-0.25, -0.2) is 9.07 Å². The van der Waals surface area contributed by atoms with Gasteiger partial charge in [-0.05, 0) is 48.7 Å². The Kier molecular flexibility index (Phi) is 4.39. The first-order valence-electron chi connectivity index (χ1n) is 8.87. The molecule has 1 heterocycles. The van der Waals surface area contributed by atoms with E-state index in [4.69, 9.17) is 4.74 Å². The summed E-state index contributed by atoms with van der Waals surface area (Å²) in [7, 11) is 1.61. The third kappa shape index (κ3) is 3.30. The zero-order chi connectivity index (χ0) is 19.0. The van der Waals surface area contributed by atoms with Crippen LogP contribution in [-0.4, -0.2) is 22.7 Å². The Bertz CT molecular complexity index is 995. The molecule has 1 N–H and O–H groups in total. The van der Waals surface area contributed by atoms with Crippen molar-refractivity contribution in [3.05, 3.63) is 65.6 Å². The molecule has 0 saturated heterocycles. The molecule has 0 radical (unpaired) electrons. The lowest BCUT2D eigenvalue weighted by molar-refractivity contribution is 0.0953. The van der Waals surface area contributed by atoms with Crippen molar-refractivity contribution < 1.29 is 13.9 Å². The van der Waals surface area contributed by atoms with Crippen LogP contribution in [-0.2, 0) is 6.42 Å². The van der Waals surface area contributed by atoms with E-state index in [0.717, 1.165) is 23.5 Å². The summed E-state index contributed by atoms with van der Waals surface area (Å²) < 4.78 is 20.3. The second-order valence-corrected chi connectivity index (χ2v) is 6.85. The Hall–Kier alpha value is -3.15. The highest BCUT2D eigenvalue weighted by Crippen LogP contribution is 2.34. The lowest BCUT2D eigenvalue weighted by Gasteiger charge is -2.19. The average Bonchev–Trinajstić information content (AvgIpc) is 3.01. The van der Waals surface area contributed by atoms with E-state index in [0.29, 0.717) is 23.6 Å². The summed E-state index contributed by atoms with van der Waals surface area (Å²) >= 11 is 0. The lowest BCUT2D eigenvalue weighted by atomic mass is 9.87. The van der Waals surface area contributed by atoms with E-state index in [1.165, 1.54) is 12.1 Å². The van der Waals surface area contributed by atoms with Crippen LogP contribution in [0.4, 0.5) is 15.9 Å². The summed E-state index contributed by atoms with van der Waals surface area (Å²) in [5.41, 5.74) is 2.98. The van der Waals surface area contributed by atoms with Gasteiger partial charge in [-0.1, -0.05) is 13.0 Å². The molecule has 138 valence electrons. The number of carbonyl (C=O) groups is 1. The fourth-order valence-corrected chi connectivity index (χ4v) is 3.48. The largest absolute Gasteiger partial charge is 0.497 e. The molecule has 0 fully saturated rings. The molecule has 5 nitrogen and oxygen atoms in total. The number of nitrogens with zero attached hydrogens (tertiary/aromatic N) is 2. The third-order valence-corrected chi connectivity index (χ3v) is 4.74. The molecule has 0 saturated carbocycles. The van der Waals surface area contributed by atoms with Gasteiger partial charge in [-0.2, -0.15) is 0 Å². The number of hydrogen-bond donors (Lipinski definition) is 1. The first-order valence-corrected chi connectivity index (χ1v) is 8.87. The Balaban J connectivity index is 1.81. The minimum atomic E-state index is -0.307. The first-order chi connectivity index (χ1) is 13.0. The van der Waals surface area contributed by atoms with Gasteiger partial charge >= 0.3 is 0 Å². The summed E-state index contributed by atoms with van der Waals surface area (Å²) in [6, 6.07) is 13.6. The van der Waals surface area contributed by atoms with Crippen LogP contribution in [0, 0.1) is 11.7 Å². The quantitative estimate of drug-likeness (QED) is 0.738. The van der Waals surface area contributed by atoms with E-state index >= 15 is 0 Å². The van der Waals surface area contributed by atoms with Crippen LogP contribution in [0.15, 0.2) is 48.5 Å². The highest BCUT2D eigenvalue weighted by Gasteiger charge is 2.31. The van der Waals surface area contributed by atoms with Gasteiger partial charge in [0.25, 0.3) is 0 Å². The van der Waals surface area contributed by atoms with Gasteiger partial charge in [0.15, 0.2) is 11.6 Å². The van der Waals surface area contributed by atoms with Crippen LogP contribution in [0.25, 0.3) is 5.69 Å². The van der Waals surface area contributed by atoms with Crippen LogP contribution in [0.1, 0.15) is 29.4 Å². The van der Waals surface area contributed by atoms with Gasteiger partial charge in [0.05, 0.1) is 24.1 Å². The minimum Gasteiger partial charge on any atom is -0.497 e. The predicted molar refractivity (Wildman–Crippen MR) is 102 cm³/mol. The number of ether oxygens (including phenoxy) is 1. The smallest absolute Gasteiger partial charge is 0.168 e. The standard InChI is InChI=1S/C21H20FN3O2/c1-13-10-18-20(19(26)11-13)21(23-15-4-3-5-17(12-15)27-2)24-25(18)16-8-6-14(22)7-9-16/h3-9,12-13H,10-11H2,1-2H3,(H,23,24). The number of rotatable bonds is 4.